The van der Waals surface area contributed by atoms with Gasteiger partial charge in [0.15, 0.2) is 0 Å². The highest BCUT2D eigenvalue weighted by atomic mass is 19.3. The van der Waals surface area contributed by atoms with Crippen LogP contribution in [0.15, 0.2) is 67.0 Å². The van der Waals surface area contributed by atoms with Gasteiger partial charge in [0, 0.05) is 54.0 Å². The Labute approximate surface area is 224 Å². The van der Waals surface area contributed by atoms with Crippen LogP contribution in [-0.2, 0) is 6.54 Å². The molecule has 8 nitrogen and oxygen atoms in total. The molecule has 6 rings (SSSR count). The van der Waals surface area contributed by atoms with E-state index in [1.54, 1.807) is 18.3 Å². The highest BCUT2D eigenvalue weighted by molar-refractivity contribution is 5.95. The zero-order valence-electron chi connectivity index (χ0n) is 21.8. The summed E-state index contributed by atoms with van der Waals surface area (Å²) in [5.74, 6) is 0.214. The number of halogens is 2. The lowest BCUT2D eigenvalue weighted by Crippen LogP contribution is -2.36. The van der Waals surface area contributed by atoms with Gasteiger partial charge in [-0.3, -0.25) is 15.0 Å². The van der Waals surface area contributed by atoms with Gasteiger partial charge in [-0.1, -0.05) is 29.5 Å². The number of alkyl halides is 2. The Balaban J connectivity index is 1.20. The molecule has 200 valence electrons. The zero-order chi connectivity index (χ0) is 27.0. The van der Waals surface area contributed by atoms with Crippen molar-refractivity contribution in [3.05, 3.63) is 78.2 Å². The van der Waals surface area contributed by atoms with Crippen LogP contribution in [0.5, 0.6) is 5.75 Å². The average molecular weight is 530 g/mol. The number of nitrogens with one attached hydrogen (secondary N) is 1. The molecule has 1 aliphatic heterocycles. The van der Waals surface area contributed by atoms with Gasteiger partial charge in [-0.15, -0.1) is 5.10 Å². The fourth-order valence-electron chi connectivity index (χ4n) is 5.23. The maximum atomic E-state index is 13.5. The third kappa shape index (κ3) is 5.51. The van der Waals surface area contributed by atoms with E-state index >= 15 is 0 Å². The molecule has 0 saturated carbocycles. The fraction of sp³-hybridized carbons (Fsp3) is 0.310. The SMILES string of the molecule is Cc1cc(-c2n[nH]c3ccc(-c4cn([C@@H]5CCCN(Cc6ccccc6OC(C)(F)F)C5)nn4)cc23)ccn1. The molecule has 0 bridgehead atoms. The van der Waals surface area contributed by atoms with E-state index < -0.39 is 6.11 Å². The molecule has 1 N–H and O–H groups in total. The summed E-state index contributed by atoms with van der Waals surface area (Å²) < 4.78 is 33.9. The summed E-state index contributed by atoms with van der Waals surface area (Å²) in [6.07, 6.45) is 2.49. The summed E-state index contributed by atoms with van der Waals surface area (Å²) in [5, 5.41) is 17.6. The van der Waals surface area contributed by atoms with E-state index in [0.29, 0.717) is 6.54 Å². The van der Waals surface area contributed by atoms with E-state index in [0.717, 1.165) is 77.5 Å². The van der Waals surface area contributed by atoms with Crippen molar-refractivity contribution in [1.82, 2.24) is 35.1 Å². The number of fused-ring (bicyclic) bond motifs is 1. The van der Waals surface area contributed by atoms with Crippen LogP contribution in [-0.4, -0.2) is 54.3 Å². The van der Waals surface area contributed by atoms with Crippen molar-refractivity contribution >= 4 is 10.9 Å². The standard InChI is InChI=1S/C29H29F2N7O/c1-19-14-21(11-12-32-19)28-24-15-20(9-10-25(24)33-35-28)26-18-38(36-34-26)23-7-5-13-37(17-23)16-22-6-3-4-8-27(22)39-29(2,30)31/h3-4,6,8-12,14-15,18,23H,5,7,13,16-17H2,1-2H3,(H,33,35)/t23-/m1/s1. The van der Waals surface area contributed by atoms with E-state index in [4.69, 9.17) is 4.74 Å². The Morgan fingerprint density at radius 2 is 1.97 bits per heavy atom. The number of rotatable bonds is 7. The van der Waals surface area contributed by atoms with Crippen LogP contribution >= 0.6 is 0 Å². The Morgan fingerprint density at radius 1 is 1.10 bits per heavy atom. The van der Waals surface area contributed by atoms with Crippen molar-refractivity contribution in [2.24, 2.45) is 0 Å². The summed E-state index contributed by atoms with van der Waals surface area (Å²) in [6, 6.07) is 17.2. The molecule has 0 spiro atoms. The summed E-state index contributed by atoms with van der Waals surface area (Å²) in [7, 11) is 0. The number of aromatic nitrogens is 6. The van der Waals surface area contributed by atoms with Crippen LogP contribution in [0, 0.1) is 6.92 Å². The average Bonchev–Trinajstić information content (AvgIpc) is 3.57. The van der Waals surface area contributed by atoms with Gasteiger partial charge in [-0.2, -0.15) is 13.9 Å². The highest BCUT2D eigenvalue weighted by Crippen LogP contribution is 2.32. The molecule has 0 unspecified atom stereocenters. The number of hydrogen-bond donors (Lipinski definition) is 1. The Kier molecular flexibility index (Phi) is 6.56. The predicted molar refractivity (Wildman–Crippen MR) is 144 cm³/mol. The topological polar surface area (TPSA) is 84.8 Å². The van der Waals surface area contributed by atoms with E-state index in [1.165, 1.54) is 0 Å². The number of ether oxygens (including phenoxy) is 1. The number of aryl methyl sites for hydroxylation is 1. The highest BCUT2D eigenvalue weighted by Gasteiger charge is 2.27. The number of hydrogen-bond acceptors (Lipinski definition) is 6. The second-order valence-corrected chi connectivity index (χ2v) is 10.2. The monoisotopic (exact) mass is 529 g/mol. The van der Waals surface area contributed by atoms with Crippen molar-refractivity contribution in [3.63, 3.8) is 0 Å². The molecular formula is C29H29F2N7O. The van der Waals surface area contributed by atoms with Crippen molar-refractivity contribution in [1.29, 1.82) is 0 Å². The van der Waals surface area contributed by atoms with Gasteiger partial charge >= 0.3 is 6.11 Å². The number of nitrogens with zero attached hydrogens (tertiary/aromatic N) is 6. The summed E-state index contributed by atoms with van der Waals surface area (Å²) in [4.78, 5) is 6.55. The molecule has 4 heterocycles. The third-order valence-electron chi connectivity index (χ3n) is 7.05. The van der Waals surface area contributed by atoms with Crippen LogP contribution in [0.25, 0.3) is 33.4 Å². The first kappa shape index (κ1) is 25.1. The Bertz CT molecular complexity index is 1610. The lowest BCUT2D eigenvalue weighted by molar-refractivity contribution is -0.159. The number of likely N-dealkylation sites (tertiary alicyclic amines) is 1. The maximum absolute atomic E-state index is 13.5. The van der Waals surface area contributed by atoms with Gasteiger partial charge in [-0.05, 0) is 56.6 Å². The smallest absolute Gasteiger partial charge is 0.394 e. The normalized spacial score (nSPS) is 16.6. The van der Waals surface area contributed by atoms with Crippen LogP contribution in [0.4, 0.5) is 8.78 Å². The summed E-state index contributed by atoms with van der Waals surface area (Å²) in [5.41, 5.74) is 6.25. The lowest BCUT2D eigenvalue weighted by atomic mass is 10.0. The largest absolute Gasteiger partial charge is 0.432 e. The number of aromatic amines is 1. The van der Waals surface area contributed by atoms with Gasteiger partial charge in [0.25, 0.3) is 0 Å². The molecule has 0 aliphatic carbocycles. The predicted octanol–water partition coefficient (Wildman–Crippen LogP) is 6.02. The van der Waals surface area contributed by atoms with Gasteiger partial charge in [0.2, 0.25) is 0 Å². The van der Waals surface area contributed by atoms with Crippen molar-refractivity contribution in [3.8, 4) is 28.3 Å². The molecule has 39 heavy (non-hydrogen) atoms. The first-order valence-corrected chi connectivity index (χ1v) is 13.0. The minimum atomic E-state index is -3.23. The Morgan fingerprint density at radius 3 is 2.82 bits per heavy atom. The molecule has 2 aromatic carbocycles. The van der Waals surface area contributed by atoms with Crippen molar-refractivity contribution in [2.75, 3.05) is 13.1 Å². The molecule has 1 fully saturated rings. The van der Waals surface area contributed by atoms with E-state index in [1.807, 2.05) is 54.2 Å². The maximum Gasteiger partial charge on any atom is 0.394 e. The molecule has 1 saturated heterocycles. The van der Waals surface area contributed by atoms with E-state index in [2.05, 4.69) is 36.5 Å². The third-order valence-corrected chi connectivity index (χ3v) is 7.05. The molecule has 3 aromatic heterocycles. The van der Waals surface area contributed by atoms with Gasteiger partial charge in [-0.25, -0.2) is 4.68 Å². The lowest BCUT2D eigenvalue weighted by Gasteiger charge is -2.33. The van der Waals surface area contributed by atoms with Gasteiger partial charge in [0.1, 0.15) is 17.1 Å². The van der Waals surface area contributed by atoms with Crippen LogP contribution < -0.4 is 4.74 Å². The first-order chi connectivity index (χ1) is 18.8. The van der Waals surface area contributed by atoms with Crippen molar-refractivity contribution in [2.45, 2.75) is 45.4 Å². The second-order valence-electron chi connectivity index (χ2n) is 10.2. The minimum absolute atomic E-state index is 0.133. The molecule has 10 heteroatoms. The molecule has 1 aliphatic rings. The first-order valence-electron chi connectivity index (χ1n) is 13.0. The fourth-order valence-corrected chi connectivity index (χ4v) is 5.23. The van der Waals surface area contributed by atoms with E-state index in [-0.39, 0.29) is 11.8 Å². The molecule has 1 atom stereocenters. The second kappa shape index (κ2) is 10.2. The molecule has 0 amide bonds. The number of H-pyrrole nitrogens is 1. The quantitative estimate of drug-likeness (QED) is 0.278. The van der Waals surface area contributed by atoms with Gasteiger partial charge < -0.3 is 4.74 Å². The van der Waals surface area contributed by atoms with E-state index in [9.17, 15) is 8.78 Å². The minimum Gasteiger partial charge on any atom is -0.432 e. The summed E-state index contributed by atoms with van der Waals surface area (Å²) in [6.45, 7) is 4.87. The number of piperidine rings is 1. The number of benzene rings is 2. The molecule has 0 radical (unpaired) electrons. The number of para-hydroxylation sites is 1. The summed E-state index contributed by atoms with van der Waals surface area (Å²) >= 11 is 0. The zero-order valence-corrected chi connectivity index (χ0v) is 21.8. The van der Waals surface area contributed by atoms with Crippen LogP contribution in [0.1, 0.15) is 37.1 Å². The van der Waals surface area contributed by atoms with Gasteiger partial charge in [0.05, 0.1) is 17.8 Å². The van der Waals surface area contributed by atoms with Crippen LogP contribution in [0.3, 0.4) is 0 Å². The van der Waals surface area contributed by atoms with Crippen molar-refractivity contribution < 1.29 is 13.5 Å². The van der Waals surface area contributed by atoms with Crippen LogP contribution in [0.2, 0.25) is 0 Å². The number of pyridine rings is 1. The molecule has 5 aromatic rings. The molecular weight excluding hydrogens is 500 g/mol. The Hall–Kier alpha value is -4.18.